The van der Waals surface area contributed by atoms with Crippen LogP contribution < -0.4 is 0 Å². The minimum atomic E-state index is 0.610. The zero-order chi connectivity index (χ0) is 15.4. The average molecular weight is 324 g/mol. The molecule has 0 saturated heterocycles. The molecular weight excluding hydrogens is 300 g/mol. The molecule has 0 N–H and O–H groups in total. The SMILES string of the molecule is Cc1nc2ccccc2nc1SCC12CC3CC(CC(C3)C1)C2. The molecule has 4 aliphatic rings. The number of hydrogen-bond donors (Lipinski definition) is 0. The van der Waals surface area contributed by atoms with Gasteiger partial charge >= 0.3 is 0 Å². The highest BCUT2D eigenvalue weighted by Crippen LogP contribution is 2.61. The molecule has 4 bridgehead atoms. The number of benzene rings is 1. The number of thioether (sulfide) groups is 1. The maximum atomic E-state index is 4.89. The number of hydrogen-bond acceptors (Lipinski definition) is 3. The third-order valence-corrected chi connectivity index (χ3v) is 7.80. The number of nitrogens with zero attached hydrogens (tertiary/aromatic N) is 2. The van der Waals surface area contributed by atoms with Crippen LogP contribution in [0.1, 0.15) is 44.2 Å². The minimum absolute atomic E-state index is 0.610. The van der Waals surface area contributed by atoms with Gasteiger partial charge < -0.3 is 0 Å². The van der Waals surface area contributed by atoms with E-state index in [0.717, 1.165) is 39.5 Å². The van der Waals surface area contributed by atoms with Crippen LogP contribution in [-0.4, -0.2) is 15.7 Å². The summed E-state index contributed by atoms with van der Waals surface area (Å²) in [6.07, 6.45) is 9.01. The molecule has 0 radical (unpaired) electrons. The van der Waals surface area contributed by atoms with Crippen molar-refractivity contribution in [2.24, 2.45) is 23.2 Å². The summed E-state index contributed by atoms with van der Waals surface area (Å²) >= 11 is 1.98. The average Bonchev–Trinajstić information content (AvgIpc) is 2.51. The summed E-state index contributed by atoms with van der Waals surface area (Å²) in [5.74, 6) is 4.35. The van der Waals surface area contributed by atoms with Gasteiger partial charge in [-0.1, -0.05) is 12.1 Å². The van der Waals surface area contributed by atoms with Gasteiger partial charge in [-0.05, 0) is 80.8 Å². The lowest BCUT2D eigenvalue weighted by atomic mass is 9.50. The lowest BCUT2D eigenvalue weighted by Gasteiger charge is -2.56. The fraction of sp³-hybridized carbons (Fsp3) is 0.600. The summed E-state index contributed by atoms with van der Waals surface area (Å²) in [5, 5.41) is 1.15. The van der Waals surface area contributed by atoms with Crippen molar-refractivity contribution in [2.45, 2.75) is 50.5 Å². The van der Waals surface area contributed by atoms with Crippen LogP contribution in [0.25, 0.3) is 11.0 Å². The Morgan fingerprint density at radius 1 is 0.957 bits per heavy atom. The highest BCUT2D eigenvalue weighted by molar-refractivity contribution is 7.99. The second-order valence-corrected chi connectivity index (χ2v) is 9.27. The standard InChI is InChI=1S/C20H24N2S/c1-13-19(22-18-5-3-2-4-17(18)21-13)23-12-20-9-14-6-15(10-20)8-16(7-14)11-20/h2-5,14-16H,6-12H2,1H3. The normalized spacial score (nSPS) is 35.1. The van der Waals surface area contributed by atoms with E-state index in [4.69, 9.17) is 9.97 Å². The Bertz CT molecular complexity index is 719. The lowest BCUT2D eigenvalue weighted by molar-refractivity contribution is -0.0381. The van der Waals surface area contributed by atoms with E-state index in [1.807, 2.05) is 17.8 Å². The molecule has 4 fully saturated rings. The van der Waals surface area contributed by atoms with Crippen molar-refractivity contribution in [1.29, 1.82) is 0 Å². The summed E-state index contributed by atoms with van der Waals surface area (Å²) in [6, 6.07) is 8.23. The summed E-state index contributed by atoms with van der Waals surface area (Å²) in [7, 11) is 0. The van der Waals surface area contributed by atoms with Crippen LogP contribution in [0.3, 0.4) is 0 Å². The largest absolute Gasteiger partial charge is 0.249 e. The molecule has 1 heterocycles. The zero-order valence-corrected chi connectivity index (χ0v) is 14.6. The summed E-state index contributed by atoms with van der Waals surface area (Å²) in [6.45, 7) is 2.11. The first kappa shape index (κ1) is 14.3. The zero-order valence-electron chi connectivity index (χ0n) is 13.8. The first-order valence-electron chi connectivity index (χ1n) is 9.05. The molecule has 0 unspecified atom stereocenters. The van der Waals surface area contributed by atoms with Gasteiger partial charge in [0.05, 0.1) is 16.7 Å². The maximum absolute atomic E-state index is 4.89. The van der Waals surface area contributed by atoms with Crippen molar-refractivity contribution in [3.8, 4) is 0 Å². The first-order chi connectivity index (χ1) is 11.2. The fourth-order valence-corrected chi connectivity index (χ4v) is 7.11. The van der Waals surface area contributed by atoms with Gasteiger partial charge in [0.15, 0.2) is 0 Å². The van der Waals surface area contributed by atoms with Gasteiger partial charge in [0.1, 0.15) is 5.03 Å². The molecular formula is C20H24N2S. The van der Waals surface area contributed by atoms with Gasteiger partial charge in [-0.15, -0.1) is 11.8 Å². The van der Waals surface area contributed by atoms with Crippen molar-refractivity contribution < 1.29 is 0 Å². The van der Waals surface area contributed by atoms with Crippen LogP contribution in [0.4, 0.5) is 0 Å². The van der Waals surface area contributed by atoms with Crippen molar-refractivity contribution >= 4 is 22.8 Å². The van der Waals surface area contributed by atoms with Gasteiger partial charge in [-0.25, -0.2) is 9.97 Å². The molecule has 4 saturated carbocycles. The first-order valence-corrected chi connectivity index (χ1v) is 10.0. The highest BCUT2D eigenvalue weighted by Gasteiger charge is 2.50. The van der Waals surface area contributed by atoms with Crippen LogP contribution in [0, 0.1) is 30.1 Å². The van der Waals surface area contributed by atoms with E-state index in [1.54, 1.807) is 0 Å². The highest BCUT2D eigenvalue weighted by atomic mass is 32.2. The molecule has 6 rings (SSSR count). The molecule has 0 amide bonds. The molecule has 0 aliphatic heterocycles. The molecule has 2 aromatic rings. The van der Waals surface area contributed by atoms with Crippen LogP contribution in [-0.2, 0) is 0 Å². The quantitative estimate of drug-likeness (QED) is 0.721. The lowest BCUT2D eigenvalue weighted by Crippen LogP contribution is -2.47. The third kappa shape index (κ3) is 2.48. The summed E-state index contributed by atoms with van der Waals surface area (Å²) in [4.78, 5) is 9.65. The number of aryl methyl sites for hydroxylation is 1. The predicted octanol–water partition coefficient (Wildman–Crippen LogP) is 5.25. The van der Waals surface area contributed by atoms with Gasteiger partial charge in [0.2, 0.25) is 0 Å². The van der Waals surface area contributed by atoms with Crippen molar-refractivity contribution in [1.82, 2.24) is 9.97 Å². The molecule has 1 aromatic heterocycles. The second-order valence-electron chi connectivity index (χ2n) is 8.31. The monoisotopic (exact) mass is 324 g/mol. The van der Waals surface area contributed by atoms with E-state index in [0.29, 0.717) is 5.41 Å². The van der Waals surface area contributed by atoms with E-state index in [9.17, 15) is 0 Å². The second kappa shape index (κ2) is 5.20. The molecule has 2 nitrogen and oxygen atoms in total. The topological polar surface area (TPSA) is 25.8 Å². The van der Waals surface area contributed by atoms with Gasteiger partial charge in [0, 0.05) is 5.75 Å². The Kier molecular flexibility index (Phi) is 3.23. The Labute approximate surface area is 142 Å². The van der Waals surface area contributed by atoms with Gasteiger partial charge in [-0.2, -0.15) is 0 Å². The van der Waals surface area contributed by atoms with Crippen LogP contribution in [0.15, 0.2) is 29.3 Å². The van der Waals surface area contributed by atoms with Gasteiger partial charge in [-0.3, -0.25) is 0 Å². The fourth-order valence-electron chi connectivity index (χ4n) is 5.90. The predicted molar refractivity (Wildman–Crippen MR) is 95.6 cm³/mol. The summed E-state index contributed by atoms with van der Waals surface area (Å²) < 4.78 is 0. The molecule has 0 atom stereocenters. The molecule has 0 spiro atoms. The number of aromatic nitrogens is 2. The minimum Gasteiger partial charge on any atom is -0.249 e. The van der Waals surface area contributed by atoms with Crippen molar-refractivity contribution in [3.63, 3.8) is 0 Å². The van der Waals surface area contributed by atoms with E-state index in [2.05, 4.69) is 25.1 Å². The van der Waals surface area contributed by atoms with Crippen LogP contribution >= 0.6 is 11.8 Å². The Morgan fingerprint density at radius 3 is 2.13 bits per heavy atom. The molecule has 1 aromatic carbocycles. The number of rotatable bonds is 3. The smallest absolute Gasteiger partial charge is 0.118 e. The Balaban J connectivity index is 1.39. The van der Waals surface area contributed by atoms with E-state index >= 15 is 0 Å². The third-order valence-electron chi connectivity index (χ3n) is 6.38. The van der Waals surface area contributed by atoms with Gasteiger partial charge in [0.25, 0.3) is 0 Å². The van der Waals surface area contributed by atoms with Crippen molar-refractivity contribution in [2.75, 3.05) is 5.75 Å². The molecule has 4 aliphatic carbocycles. The van der Waals surface area contributed by atoms with Crippen LogP contribution in [0.2, 0.25) is 0 Å². The Morgan fingerprint density at radius 2 is 1.52 bits per heavy atom. The van der Waals surface area contributed by atoms with E-state index in [1.165, 1.54) is 44.3 Å². The number of fused-ring (bicyclic) bond motifs is 1. The van der Waals surface area contributed by atoms with E-state index < -0.39 is 0 Å². The number of para-hydroxylation sites is 2. The molecule has 23 heavy (non-hydrogen) atoms. The van der Waals surface area contributed by atoms with E-state index in [-0.39, 0.29) is 0 Å². The summed E-state index contributed by atoms with van der Waals surface area (Å²) in [5.41, 5.74) is 3.76. The molecule has 120 valence electrons. The molecule has 3 heteroatoms. The van der Waals surface area contributed by atoms with Crippen molar-refractivity contribution in [3.05, 3.63) is 30.0 Å². The maximum Gasteiger partial charge on any atom is 0.118 e. The Hall–Kier alpha value is -1.09. The van der Waals surface area contributed by atoms with Crippen LogP contribution in [0.5, 0.6) is 0 Å².